The lowest BCUT2D eigenvalue weighted by molar-refractivity contribution is -0.195. The zero-order valence-electron chi connectivity index (χ0n) is 29.2. The first-order chi connectivity index (χ1) is 22.8. The molecule has 14 nitrogen and oxygen atoms in total. The minimum atomic E-state index is -1.12. The summed E-state index contributed by atoms with van der Waals surface area (Å²) in [6, 6.07) is 5.23. The van der Waals surface area contributed by atoms with Gasteiger partial charge in [-0.05, 0) is 48.4 Å². The van der Waals surface area contributed by atoms with Crippen molar-refractivity contribution in [2.45, 2.75) is 111 Å². The molecule has 1 aromatic carbocycles. The number of aryl methyl sites for hydroxylation is 1. The molecule has 1 aliphatic heterocycles. The number of nitrogens with zero attached hydrogens (tertiary/aromatic N) is 1. The highest BCUT2D eigenvalue weighted by molar-refractivity contribution is 5.77. The minimum absolute atomic E-state index is 0.0252. The van der Waals surface area contributed by atoms with Crippen LogP contribution >= 0.6 is 0 Å². The molecule has 4 N–H and O–H groups in total. The highest BCUT2D eigenvalue weighted by atomic mass is 16.7. The molecule has 48 heavy (non-hydrogen) atoms. The van der Waals surface area contributed by atoms with Crippen LogP contribution in [0, 0.1) is 12.3 Å². The zero-order valence-corrected chi connectivity index (χ0v) is 29.2. The van der Waals surface area contributed by atoms with Crippen molar-refractivity contribution in [1.82, 2.24) is 15.5 Å². The minimum Gasteiger partial charge on any atom is -0.479 e. The second-order valence-electron chi connectivity index (χ2n) is 11.9. The molecule has 1 aromatic rings. The molecule has 1 aliphatic rings. The number of hydrogen-bond acceptors (Lipinski definition) is 10. The number of aliphatic hydroxyl groups excluding tert-OH is 1. The van der Waals surface area contributed by atoms with Gasteiger partial charge < -0.3 is 44.8 Å². The maximum Gasteiger partial charge on any atom is 0.333 e. The van der Waals surface area contributed by atoms with Crippen molar-refractivity contribution in [3.05, 3.63) is 29.3 Å². The Morgan fingerprint density at radius 1 is 1.08 bits per heavy atom. The molecule has 1 saturated heterocycles. The van der Waals surface area contributed by atoms with Gasteiger partial charge >= 0.3 is 5.97 Å². The Labute approximate surface area is 283 Å². The van der Waals surface area contributed by atoms with Crippen LogP contribution in [0.1, 0.15) is 90.2 Å². The molecule has 1 heterocycles. The predicted octanol–water partition coefficient (Wildman–Crippen LogP) is 2.90. The van der Waals surface area contributed by atoms with E-state index in [0.717, 1.165) is 36.7 Å². The van der Waals surface area contributed by atoms with Gasteiger partial charge in [0, 0.05) is 58.8 Å². The number of carboxylic acid groups (broad SMARTS) is 1. The van der Waals surface area contributed by atoms with E-state index in [0.29, 0.717) is 57.5 Å². The second kappa shape index (κ2) is 25.0. The summed E-state index contributed by atoms with van der Waals surface area (Å²) in [5, 5.41) is 23.9. The number of aliphatic carboxylic acids is 1. The first-order valence-electron chi connectivity index (χ1n) is 16.3. The van der Waals surface area contributed by atoms with Gasteiger partial charge in [0.1, 0.15) is 18.6 Å². The van der Waals surface area contributed by atoms with Crippen LogP contribution in [0.4, 0.5) is 0 Å². The second-order valence-corrected chi connectivity index (χ2v) is 11.9. The van der Waals surface area contributed by atoms with E-state index in [1.165, 1.54) is 0 Å². The van der Waals surface area contributed by atoms with E-state index < -0.39 is 24.5 Å². The number of ether oxygens (including phenoxy) is 3. The van der Waals surface area contributed by atoms with Crippen LogP contribution in [-0.4, -0.2) is 97.2 Å². The molecule has 0 saturated carbocycles. The largest absolute Gasteiger partial charge is 0.479 e. The van der Waals surface area contributed by atoms with E-state index in [1.54, 1.807) is 30.1 Å². The third-order valence-corrected chi connectivity index (χ3v) is 7.12. The van der Waals surface area contributed by atoms with Gasteiger partial charge in [-0.25, -0.2) is 4.79 Å². The Bertz CT molecular complexity index is 1130. The highest BCUT2D eigenvalue weighted by Gasteiger charge is 2.34. The molecular formula is C34H55N3O11. The van der Waals surface area contributed by atoms with Gasteiger partial charge in [0.25, 0.3) is 6.47 Å². The molecule has 14 heteroatoms. The number of carbonyl (C=O) groups excluding carboxylic acids is 5. The number of benzene rings is 1. The molecule has 3 amide bonds. The van der Waals surface area contributed by atoms with Gasteiger partial charge in [0.2, 0.25) is 24.5 Å². The Morgan fingerprint density at radius 2 is 1.79 bits per heavy atom. The van der Waals surface area contributed by atoms with E-state index in [9.17, 15) is 33.9 Å². The van der Waals surface area contributed by atoms with Gasteiger partial charge in [0.15, 0.2) is 6.10 Å². The monoisotopic (exact) mass is 681 g/mol. The van der Waals surface area contributed by atoms with Crippen molar-refractivity contribution < 1.29 is 53.2 Å². The molecule has 3 unspecified atom stereocenters. The average Bonchev–Trinajstić information content (AvgIpc) is 3.03. The third kappa shape index (κ3) is 19.6. The summed E-state index contributed by atoms with van der Waals surface area (Å²) in [6.45, 7) is 11.7. The summed E-state index contributed by atoms with van der Waals surface area (Å²) < 4.78 is 15.6. The number of hydrogen-bond donors (Lipinski definition) is 4. The quantitative estimate of drug-likeness (QED) is 0.117. The number of aliphatic hydroxyl groups is 1. The fraction of sp³-hybridized carbons (Fsp3) is 0.647. The van der Waals surface area contributed by atoms with Gasteiger partial charge in [-0.3, -0.25) is 19.2 Å². The van der Waals surface area contributed by atoms with E-state index >= 15 is 0 Å². The number of carbonyl (C=O) groups is 6. The summed E-state index contributed by atoms with van der Waals surface area (Å²) in [5.74, 6) is -0.575. The van der Waals surface area contributed by atoms with E-state index in [1.807, 2.05) is 34.6 Å². The summed E-state index contributed by atoms with van der Waals surface area (Å²) in [7, 11) is 1.77. The third-order valence-electron chi connectivity index (χ3n) is 7.12. The maximum atomic E-state index is 12.1. The molecule has 272 valence electrons. The van der Waals surface area contributed by atoms with Crippen molar-refractivity contribution in [3.63, 3.8) is 0 Å². The predicted molar refractivity (Wildman–Crippen MR) is 178 cm³/mol. The number of nitrogens with one attached hydrogen (secondary N) is 2. The van der Waals surface area contributed by atoms with E-state index in [-0.39, 0.29) is 36.7 Å². The zero-order chi connectivity index (χ0) is 36.5. The lowest BCUT2D eigenvalue weighted by atomic mass is 9.86. The smallest absolute Gasteiger partial charge is 0.333 e. The molecule has 0 radical (unpaired) electrons. The molecule has 0 aromatic heterocycles. The van der Waals surface area contributed by atoms with E-state index in [4.69, 9.17) is 14.6 Å². The Kier molecular flexibility index (Phi) is 22.9. The van der Waals surface area contributed by atoms with Gasteiger partial charge in [-0.15, -0.1) is 0 Å². The van der Waals surface area contributed by atoms with E-state index in [2.05, 4.69) is 15.4 Å². The van der Waals surface area contributed by atoms with Crippen LogP contribution in [-0.2, 0) is 44.8 Å². The highest BCUT2D eigenvalue weighted by Crippen LogP contribution is 2.27. The molecule has 0 spiro atoms. The number of rotatable bonds is 20. The fourth-order valence-corrected chi connectivity index (χ4v) is 4.50. The molecule has 1 fully saturated rings. The van der Waals surface area contributed by atoms with Gasteiger partial charge in [0.05, 0.1) is 6.10 Å². The summed E-state index contributed by atoms with van der Waals surface area (Å²) in [4.78, 5) is 67.1. The van der Waals surface area contributed by atoms with Crippen LogP contribution in [0.2, 0.25) is 0 Å². The van der Waals surface area contributed by atoms with Gasteiger partial charge in [-0.2, -0.15) is 0 Å². The van der Waals surface area contributed by atoms with Crippen molar-refractivity contribution in [1.29, 1.82) is 0 Å². The van der Waals surface area contributed by atoms with Crippen LogP contribution in [0.25, 0.3) is 0 Å². The Balaban J connectivity index is 0.000000876. The fourth-order valence-electron chi connectivity index (χ4n) is 4.50. The lowest BCUT2D eigenvalue weighted by Gasteiger charge is -2.31. The van der Waals surface area contributed by atoms with Crippen LogP contribution < -0.4 is 15.4 Å². The summed E-state index contributed by atoms with van der Waals surface area (Å²) in [5.41, 5.74) is 1.30. The Hall–Kier alpha value is -4.04. The standard InChI is InChI=1S/C17H31N3O4.C15H18O7.C2H6/c1-17(2,8-12-21)13-16(24)20(3)11-6-4-5-7-15(23)19-10-9-18-14-22;1-9-4-10(7-20-8-16)2-3-12(9)21-14-6-11(17)5-13(22-14)15(18)19;1-2/h12,14H,4-11,13H2,1-3H3,(H,18,22)(H,19,23);2-4,8,11,13-14,17H,5-7H2,1H3,(H,18,19);1-2H3. The molecular weight excluding hydrogens is 626 g/mol. The first kappa shape index (κ1) is 44.0. The Morgan fingerprint density at radius 3 is 2.40 bits per heavy atom. The van der Waals surface area contributed by atoms with Crippen LogP contribution in [0.3, 0.4) is 0 Å². The number of aldehydes is 1. The maximum absolute atomic E-state index is 12.1. The summed E-state index contributed by atoms with van der Waals surface area (Å²) >= 11 is 0. The SMILES string of the molecule is CC.CN(CCCCCC(=O)NCCNC=O)C(=O)CC(C)(C)CC=O.Cc1cc(COC=O)ccc1OC1CC(O)CC(C(=O)O)O1. The molecule has 0 bridgehead atoms. The van der Waals surface area contributed by atoms with Crippen LogP contribution in [0.5, 0.6) is 5.75 Å². The average molecular weight is 682 g/mol. The number of unbranched alkanes of at least 4 members (excludes halogenated alkanes) is 2. The van der Waals surface area contributed by atoms with Crippen molar-refractivity contribution in [2.24, 2.45) is 5.41 Å². The first-order valence-corrected chi connectivity index (χ1v) is 16.3. The van der Waals surface area contributed by atoms with Crippen LogP contribution in [0.15, 0.2) is 18.2 Å². The number of amides is 3. The summed E-state index contributed by atoms with van der Waals surface area (Å²) in [6.07, 6.45) is 2.72. The van der Waals surface area contributed by atoms with Crippen molar-refractivity contribution in [3.8, 4) is 5.75 Å². The number of carboxylic acids is 1. The molecule has 3 atom stereocenters. The van der Waals surface area contributed by atoms with Crippen molar-refractivity contribution in [2.75, 3.05) is 26.7 Å². The topological polar surface area (TPSA) is 198 Å². The lowest BCUT2D eigenvalue weighted by Crippen LogP contribution is -2.42. The molecule has 2 rings (SSSR count). The van der Waals surface area contributed by atoms with Gasteiger partial charge in [-0.1, -0.05) is 40.2 Å². The normalized spacial score (nSPS) is 16.8. The van der Waals surface area contributed by atoms with Crippen molar-refractivity contribution >= 4 is 37.0 Å². The molecule has 0 aliphatic carbocycles.